The van der Waals surface area contributed by atoms with Gasteiger partial charge in [-0.25, -0.2) is 19.3 Å². The second-order valence-corrected chi connectivity index (χ2v) is 6.47. The van der Waals surface area contributed by atoms with E-state index in [1.54, 1.807) is 10.7 Å². The van der Waals surface area contributed by atoms with Gasteiger partial charge in [0.1, 0.15) is 0 Å². The van der Waals surface area contributed by atoms with Crippen LogP contribution in [-0.2, 0) is 9.53 Å². The predicted molar refractivity (Wildman–Crippen MR) is 97.5 cm³/mol. The molecule has 9 nitrogen and oxygen atoms in total. The molecule has 9 heteroatoms. The van der Waals surface area contributed by atoms with Gasteiger partial charge in [-0.3, -0.25) is 10.1 Å². The average Bonchev–Trinajstić information content (AvgIpc) is 2.96. The number of rotatable bonds is 6. The van der Waals surface area contributed by atoms with Gasteiger partial charge in [-0.05, 0) is 38.0 Å². The molecule has 2 N–H and O–H groups in total. The van der Waals surface area contributed by atoms with E-state index in [-0.39, 0.29) is 11.5 Å². The Kier molecular flexibility index (Phi) is 6.64. The number of pyridine rings is 1. The molecule has 3 amide bonds. The van der Waals surface area contributed by atoms with Crippen LogP contribution < -0.4 is 10.6 Å². The van der Waals surface area contributed by atoms with Crippen molar-refractivity contribution in [3.8, 4) is 5.82 Å². The first-order valence-corrected chi connectivity index (χ1v) is 8.50. The number of amides is 3. The van der Waals surface area contributed by atoms with Crippen molar-refractivity contribution in [1.82, 2.24) is 25.4 Å². The number of aryl methyl sites for hydroxylation is 2. The van der Waals surface area contributed by atoms with E-state index in [1.807, 2.05) is 33.8 Å². The Morgan fingerprint density at radius 3 is 2.52 bits per heavy atom. The zero-order valence-corrected chi connectivity index (χ0v) is 15.8. The predicted octanol–water partition coefficient (Wildman–Crippen LogP) is 1.52. The molecule has 0 saturated carbocycles. The molecule has 0 radical (unpaired) electrons. The third-order valence-corrected chi connectivity index (χ3v) is 3.47. The average molecular weight is 373 g/mol. The minimum atomic E-state index is -0.711. The highest BCUT2D eigenvalue weighted by molar-refractivity contribution is 5.96. The summed E-state index contributed by atoms with van der Waals surface area (Å²) in [7, 11) is 0. The number of ether oxygens (including phenoxy) is 1. The van der Waals surface area contributed by atoms with Crippen molar-refractivity contribution in [2.75, 3.05) is 13.2 Å². The molecule has 0 bridgehead atoms. The molecule has 144 valence electrons. The summed E-state index contributed by atoms with van der Waals surface area (Å²) in [4.78, 5) is 39.3. The standard InChI is InChI=1S/C18H23N5O4/c1-11(2)8-20-18(26)21-16(24)10-27-17(25)14-5-6-15(19-9-14)23-13(4)7-12(3)22-23/h5-7,9,11H,8,10H2,1-4H3,(H2,20,21,24,26). The van der Waals surface area contributed by atoms with Gasteiger partial charge >= 0.3 is 12.0 Å². The topological polar surface area (TPSA) is 115 Å². The van der Waals surface area contributed by atoms with Crippen LogP contribution in [0.5, 0.6) is 0 Å². The number of urea groups is 1. The third kappa shape index (κ3) is 5.91. The van der Waals surface area contributed by atoms with Crippen LogP contribution in [0.4, 0.5) is 4.79 Å². The fraction of sp³-hybridized carbons (Fsp3) is 0.389. The van der Waals surface area contributed by atoms with E-state index in [0.717, 1.165) is 11.4 Å². The Morgan fingerprint density at radius 1 is 1.22 bits per heavy atom. The van der Waals surface area contributed by atoms with E-state index in [0.29, 0.717) is 12.4 Å². The number of aromatic nitrogens is 3. The van der Waals surface area contributed by atoms with Gasteiger partial charge in [-0.2, -0.15) is 5.10 Å². The maximum atomic E-state index is 12.0. The Balaban J connectivity index is 1.86. The van der Waals surface area contributed by atoms with Gasteiger partial charge in [0.2, 0.25) is 0 Å². The summed E-state index contributed by atoms with van der Waals surface area (Å²) in [6.07, 6.45) is 1.35. The van der Waals surface area contributed by atoms with Crippen LogP contribution in [0.2, 0.25) is 0 Å². The first kappa shape index (κ1) is 20.1. The summed E-state index contributed by atoms with van der Waals surface area (Å²) < 4.78 is 6.56. The Morgan fingerprint density at radius 2 is 1.96 bits per heavy atom. The van der Waals surface area contributed by atoms with Crippen molar-refractivity contribution in [2.45, 2.75) is 27.7 Å². The summed E-state index contributed by atoms with van der Waals surface area (Å²) in [5, 5.41) is 8.93. The number of hydrogen-bond acceptors (Lipinski definition) is 6. The maximum Gasteiger partial charge on any atom is 0.340 e. The minimum absolute atomic E-state index is 0.192. The molecule has 2 aromatic heterocycles. The van der Waals surface area contributed by atoms with E-state index < -0.39 is 24.5 Å². The largest absolute Gasteiger partial charge is 0.452 e. The number of nitrogens with zero attached hydrogens (tertiary/aromatic N) is 3. The van der Waals surface area contributed by atoms with Gasteiger partial charge < -0.3 is 10.1 Å². The fourth-order valence-electron chi connectivity index (χ4n) is 2.21. The van der Waals surface area contributed by atoms with E-state index in [1.165, 1.54) is 12.3 Å². The summed E-state index contributed by atoms with van der Waals surface area (Å²) >= 11 is 0. The SMILES string of the molecule is Cc1cc(C)n(-c2ccc(C(=O)OCC(=O)NC(=O)NCC(C)C)cn2)n1. The lowest BCUT2D eigenvalue weighted by molar-refractivity contribution is -0.123. The number of esters is 1. The van der Waals surface area contributed by atoms with Crippen molar-refractivity contribution in [3.63, 3.8) is 0 Å². The van der Waals surface area contributed by atoms with Gasteiger partial charge in [0.25, 0.3) is 5.91 Å². The molecule has 0 atom stereocenters. The molecule has 0 aliphatic rings. The third-order valence-electron chi connectivity index (χ3n) is 3.47. The second kappa shape index (κ2) is 8.93. The molecule has 2 rings (SSSR count). The number of carbonyl (C=O) groups excluding carboxylic acids is 3. The summed E-state index contributed by atoms with van der Waals surface area (Å²) in [6.45, 7) is 7.51. The number of nitrogens with one attached hydrogen (secondary N) is 2. The van der Waals surface area contributed by atoms with Crippen LogP contribution in [0, 0.1) is 19.8 Å². The summed E-state index contributed by atoms with van der Waals surface area (Å²) in [5.41, 5.74) is 1.97. The van der Waals surface area contributed by atoms with Crippen molar-refractivity contribution in [3.05, 3.63) is 41.3 Å². The lowest BCUT2D eigenvalue weighted by Crippen LogP contribution is -2.42. The van der Waals surface area contributed by atoms with E-state index >= 15 is 0 Å². The van der Waals surface area contributed by atoms with Gasteiger partial charge in [0.05, 0.1) is 11.3 Å². The van der Waals surface area contributed by atoms with Crippen LogP contribution in [0.25, 0.3) is 5.82 Å². The first-order chi connectivity index (χ1) is 12.8. The van der Waals surface area contributed by atoms with Crippen molar-refractivity contribution in [2.24, 2.45) is 5.92 Å². The quantitative estimate of drug-likeness (QED) is 0.742. The monoisotopic (exact) mass is 373 g/mol. The molecule has 2 aromatic rings. The second-order valence-electron chi connectivity index (χ2n) is 6.47. The molecule has 0 saturated heterocycles. The number of hydrogen-bond donors (Lipinski definition) is 2. The highest BCUT2D eigenvalue weighted by Gasteiger charge is 2.14. The zero-order chi connectivity index (χ0) is 20.0. The Hall–Kier alpha value is -3.23. The molecular formula is C18H23N5O4. The van der Waals surface area contributed by atoms with Gasteiger partial charge in [-0.1, -0.05) is 13.8 Å². The molecule has 0 aromatic carbocycles. The molecule has 27 heavy (non-hydrogen) atoms. The molecule has 0 aliphatic heterocycles. The van der Waals surface area contributed by atoms with Crippen molar-refractivity contribution < 1.29 is 19.1 Å². The lowest BCUT2D eigenvalue weighted by atomic mass is 10.2. The van der Waals surface area contributed by atoms with Crippen LogP contribution in [0.1, 0.15) is 35.6 Å². The van der Waals surface area contributed by atoms with Crippen LogP contribution >= 0.6 is 0 Å². The summed E-state index contributed by atoms with van der Waals surface area (Å²) in [6, 6.07) is 4.46. The van der Waals surface area contributed by atoms with E-state index in [9.17, 15) is 14.4 Å². The smallest absolute Gasteiger partial charge is 0.340 e. The fourth-order valence-corrected chi connectivity index (χ4v) is 2.21. The van der Waals surface area contributed by atoms with Crippen LogP contribution in [-0.4, -0.2) is 45.8 Å². The summed E-state index contributed by atoms with van der Waals surface area (Å²) in [5.74, 6) is -0.595. The van der Waals surface area contributed by atoms with Crippen LogP contribution in [0.3, 0.4) is 0 Å². The molecule has 0 fully saturated rings. The Labute approximate surface area is 157 Å². The Bertz CT molecular complexity index is 827. The first-order valence-electron chi connectivity index (χ1n) is 8.50. The number of imide groups is 1. The normalized spacial score (nSPS) is 10.6. The van der Waals surface area contributed by atoms with Gasteiger partial charge in [0, 0.05) is 18.4 Å². The van der Waals surface area contributed by atoms with E-state index in [2.05, 4.69) is 20.7 Å². The molecule has 0 unspecified atom stereocenters. The van der Waals surface area contributed by atoms with Gasteiger partial charge in [-0.15, -0.1) is 0 Å². The molecular weight excluding hydrogens is 350 g/mol. The highest BCUT2D eigenvalue weighted by atomic mass is 16.5. The van der Waals surface area contributed by atoms with Gasteiger partial charge in [0.15, 0.2) is 12.4 Å². The number of carbonyl (C=O) groups is 3. The van der Waals surface area contributed by atoms with Crippen LogP contribution in [0.15, 0.2) is 24.4 Å². The van der Waals surface area contributed by atoms with Crippen molar-refractivity contribution >= 4 is 17.9 Å². The lowest BCUT2D eigenvalue weighted by Gasteiger charge is -2.09. The molecule has 0 aliphatic carbocycles. The minimum Gasteiger partial charge on any atom is -0.452 e. The van der Waals surface area contributed by atoms with Crippen molar-refractivity contribution in [1.29, 1.82) is 0 Å². The zero-order valence-electron chi connectivity index (χ0n) is 15.8. The molecule has 2 heterocycles. The highest BCUT2D eigenvalue weighted by Crippen LogP contribution is 2.10. The molecule has 0 spiro atoms. The van der Waals surface area contributed by atoms with E-state index in [4.69, 9.17) is 4.74 Å². The maximum absolute atomic E-state index is 12.0.